The molecule has 0 aromatic heterocycles. The molecular weight excluding hydrogens is 316 g/mol. The Hall–Kier alpha value is -1.72. The highest BCUT2D eigenvalue weighted by Crippen LogP contribution is 2.28. The molecule has 1 heterocycles. The monoisotopic (exact) mass is 340 g/mol. The number of hydrogen-bond donors (Lipinski definition) is 2. The number of amides is 1. The number of benzene rings is 1. The maximum atomic E-state index is 11.9. The van der Waals surface area contributed by atoms with Gasteiger partial charge < -0.3 is 20.1 Å². The largest absolute Gasteiger partial charge is 0.493 e. The van der Waals surface area contributed by atoms with E-state index in [4.69, 9.17) is 9.47 Å². The molecule has 0 unspecified atom stereocenters. The van der Waals surface area contributed by atoms with Gasteiger partial charge in [-0.05, 0) is 43.5 Å². The summed E-state index contributed by atoms with van der Waals surface area (Å²) in [6.07, 6.45) is 4.70. The van der Waals surface area contributed by atoms with Crippen LogP contribution in [0.3, 0.4) is 0 Å². The van der Waals surface area contributed by atoms with Gasteiger partial charge in [0, 0.05) is 12.6 Å². The predicted octanol–water partition coefficient (Wildman–Crippen LogP) is 2.09. The van der Waals surface area contributed by atoms with Gasteiger partial charge >= 0.3 is 0 Å². The molecule has 2 N–H and O–H groups in total. The zero-order valence-electron chi connectivity index (χ0n) is 13.5. The molecule has 1 aromatic rings. The Morgan fingerprint density at radius 2 is 2.30 bits per heavy atom. The summed E-state index contributed by atoms with van der Waals surface area (Å²) >= 11 is 0. The van der Waals surface area contributed by atoms with E-state index in [1.807, 2.05) is 24.3 Å². The van der Waals surface area contributed by atoms with E-state index < -0.39 is 0 Å². The molecule has 0 radical (unpaired) electrons. The van der Waals surface area contributed by atoms with Crippen LogP contribution < -0.4 is 20.1 Å². The SMILES string of the molecule is C=CCc1ccc(OCC(=O)N[C@H]2CCCNC2)c(OC)c1.Cl. The van der Waals surface area contributed by atoms with Crippen molar-refractivity contribution >= 4 is 18.3 Å². The molecule has 1 aliphatic rings. The molecule has 1 fully saturated rings. The number of rotatable bonds is 7. The van der Waals surface area contributed by atoms with E-state index in [2.05, 4.69) is 17.2 Å². The van der Waals surface area contributed by atoms with Crippen molar-refractivity contribution in [3.63, 3.8) is 0 Å². The molecule has 1 aliphatic heterocycles. The fraction of sp³-hybridized carbons (Fsp3) is 0.471. The molecule has 23 heavy (non-hydrogen) atoms. The van der Waals surface area contributed by atoms with Gasteiger partial charge in [-0.3, -0.25) is 4.79 Å². The maximum Gasteiger partial charge on any atom is 0.258 e. The minimum atomic E-state index is -0.106. The molecule has 1 amide bonds. The quantitative estimate of drug-likeness (QED) is 0.746. The Kier molecular flexibility index (Phi) is 8.51. The van der Waals surface area contributed by atoms with E-state index in [0.717, 1.165) is 37.9 Å². The standard InChI is InChI=1S/C17H24N2O3.ClH/c1-3-5-13-7-8-15(16(10-13)21-2)22-12-17(20)19-14-6-4-9-18-11-14;/h3,7-8,10,14,18H,1,4-6,9,11-12H2,2H3,(H,19,20);1H/t14-;/m0./s1. The third kappa shape index (κ3) is 6.12. The maximum absolute atomic E-state index is 11.9. The Balaban J connectivity index is 0.00000264. The summed E-state index contributed by atoms with van der Waals surface area (Å²) in [4.78, 5) is 11.9. The second kappa shape index (κ2) is 10.1. The molecule has 1 saturated heterocycles. The Labute approximate surface area is 143 Å². The molecule has 2 rings (SSSR count). The summed E-state index contributed by atoms with van der Waals surface area (Å²) in [5.41, 5.74) is 1.09. The smallest absolute Gasteiger partial charge is 0.258 e. The van der Waals surface area contributed by atoms with E-state index >= 15 is 0 Å². The van der Waals surface area contributed by atoms with Crippen molar-refractivity contribution < 1.29 is 14.3 Å². The van der Waals surface area contributed by atoms with Gasteiger partial charge in [-0.25, -0.2) is 0 Å². The van der Waals surface area contributed by atoms with Crippen LogP contribution >= 0.6 is 12.4 Å². The van der Waals surface area contributed by atoms with Crippen molar-refractivity contribution in [2.24, 2.45) is 0 Å². The third-order valence-corrected chi connectivity index (χ3v) is 3.63. The predicted molar refractivity (Wildman–Crippen MR) is 93.7 cm³/mol. The highest BCUT2D eigenvalue weighted by molar-refractivity contribution is 5.85. The minimum absolute atomic E-state index is 0. The van der Waals surface area contributed by atoms with Crippen LogP contribution in [0.15, 0.2) is 30.9 Å². The molecule has 128 valence electrons. The molecule has 5 nitrogen and oxygen atoms in total. The average Bonchev–Trinajstić information content (AvgIpc) is 2.54. The Morgan fingerprint density at radius 3 is 2.96 bits per heavy atom. The Bertz CT molecular complexity index is 517. The van der Waals surface area contributed by atoms with Gasteiger partial charge in [-0.15, -0.1) is 19.0 Å². The van der Waals surface area contributed by atoms with Gasteiger partial charge in [-0.2, -0.15) is 0 Å². The lowest BCUT2D eigenvalue weighted by atomic mass is 10.1. The summed E-state index contributed by atoms with van der Waals surface area (Å²) < 4.78 is 10.9. The number of piperidine rings is 1. The van der Waals surface area contributed by atoms with Crippen LogP contribution in [0.1, 0.15) is 18.4 Å². The summed E-state index contributed by atoms with van der Waals surface area (Å²) in [5, 5.41) is 6.24. The van der Waals surface area contributed by atoms with Gasteiger partial charge in [0.1, 0.15) is 0 Å². The first-order chi connectivity index (χ1) is 10.7. The van der Waals surface area contributed by atoms with Crippen LogP contribution in [-0.4, -0.2) is 38.8 Å². The van der Waals surface area contributed by atoms with E-state index in [9.17, 15) is 4.79 Å². The van der Waals surface area contributed by atoms with Gasteiger partial charge in [-0.1, -0.05) is 12.1 Å². The molecule has 0 saturated carbocycles. The first kappa shape index (κ1) is 19.3. The van der Waals surface area contributed by atoms with Gasteiger partial charge in [0.2, 0.25) is 0 Å². The first-order valence-electron chi connectivity index (χ1n) is 7.63. The second-order valence-corrected chi connectivity index (χ2v) is 5.38. The van der Waals surface area contributed by atoms with E-state index in [-0.39, 0.29) is 31.0 Å². The van der Waals surface area contributed by atoms with Crippen LogP contribution in [0, 0.1) is 0 Å². The van der Waals surface area contributed by atoms with Gasteiger partial charge in [0.25, 0.3) is 5.91 Å². The highest BCUT2D eigenvalue weighted by atomic mass is 35.5. The third-order valence-electron chi connectivity index (χ3n) is 3.63. The lowest BCUT2D eigenvalue weighted by molar-refractivity contribution is -0.123. The van der Waals surface area contributed by atoms with Crippen LogP contribution in [0.5, 0.6) is 11.5 Å². The number of carbonyl (C=O) groups is 1. The average molecular weight is 341 g/mol. The topological polar surface area (TPSA) is 59.6 Å². The molecule has 1 aromatic carbocycles. The van der Waals surface area contributed by atoms with Gasteiger partial charge in [0.15, 0.2) is 18.1 Å². The molecule has 1 atom stereocenters. The molecule has 0 spiro atoms. The fourth-order valence-electron chi connectivity index (χ4n) is 2.51. The number of methoxy groups -OCH3 is 1. The zero-order valence-corrected chi connectivity index (χ0v) is 14.3. The van der Waals surface area contributed by atoms with Gasteiger partial charge in [0.05, 0.1) is 7.11 Å². The number of halogens is 1. The Morgan fingerprint density at radius 1 is 1.48 bits per heavy atom. The molecule has 0 aliphatic carbocycles. The number of hydrogen-bond acceptors (Lipinski definition) is 4. The zero-order chi connectivity index (χ0) is 15.8. The van der Waals surface area contributed by atoms with Crippen LogP contribution in [-0.2, 0) is 11.2 Å². The lowest BCUT2D eigenvalue weighted by Crippen LogP contribution is -2.47. The highest BCUT2D eigenvalue weighted by Gasteiger charge is 2.16. The molecular formula is C17H25ClN2O3. The number of allylic oxidation sites excluding steroid dienone is 1. The first-order valence-corrected chi connectivity index (χ1v) is 7.63. The van der Waals surface area contributed by atoms with Crippen LogP contribution in [0.4, 0.5) is 0 Å². The number of carbonyl (C=O) groups excluding carboxylic acids is 1. The van der Waals surface area contributed by atoms with Crippen molar-refractivity contribution in [2.75, 3.05) is 26.8 Å². The lowest BCUT2D eigenvalue weighted by Gasteiger charge is -2.23. The van der Waals surface area contributed by atoms with Crippen molar-refractivity contribution in [2.45, 2.75) is 25.3 Å². The normalized spacial score (nSPS) is 16.8. The molecule has 6 heteroatoms. The van der Waals surface area contributed by atoms with Crippen LogP contribution in [0.2, 0.25) is 0 Å². The van der Waals surface area contributed by atoms with E-state index in [1.165, 1.54) is 0 Å². The van der Waals surface area contributed by atoms with Crippen molar-refractivity contribution in [3.05, 3.63) is 36.4 Å². The summed E-state index contributed by atoms with van der Waals surface area (Å²) in [7, 11) is 1.59. The number of ether oxygens (including phenoxy) is 2. The van der Waals surface area contributed by atoms with E-state index in [1.54, 1.807) is 7.11 Å². The summed E-state index contributed by atoms with van der Waals surface area (Å²) in [5.74, 6) is 1.10. The summed E-state index contributed by atoms with van der Waals surface area (Å²) in [6, 6.07) is 5.87. The van der Waals surface area contributed by atoms with E-state index in [0.29, 0.717) is 11.5 Å². The summed E-state index contributed by atoms with van der Waals surface area (Å²) in [6.45, 7) is 5.56. The minimum Gasteiger partial charge on any atom is -0.493 e. The van der Waals surface area contributed by atoms with Crippen LogP contribution in [0.25, 0.3) is 0 Å². The van der Waals surface area contributed by atoms with Crippen molar-refractivity contribution in [1.82, 2.24) is 10.6 Å². The second-order valence-electron chi connectivity index (χ2n) is 5.38. The molecule has 0 bridgehead atoms. The van der Waals surface area contributed by atoms with Crippen molar-refractivity contribution in [3.8, 4) is 11.5 Å². The fourth-order valence-corrected chi connectivity index (χ4v) is 2.51. The number of nitrogens with one attached hydrogen (secondary N) is 2. The van der Waals surface area contributed by atoms with Crippen molar-refractivity contribution in [1.29, 1.82) is 0 Å².